The van der Waals surface area contributed by atoms with Crippen molar-refractivity contribution in [2.24, 2.45) is 5.41 Å². The van der Waals surface area contributed by atoms with Crippen molar-refractivity contribution in [3.8, 4) is 11.8 Å². The Bertz CT molecular complexity index is 1290. The average Bonchev–Trinajstić information content (AvgIpc) is 3.56. The van der Waals surface area contributed by atoms with Crippen molar-refractivity contribution in [3.63, 3.8) is 0 Å². The van der Waals surface area contributed by atoms with Crippen LogP contribution >= 0.6 is 11.6 Å². The van der Waals surface area contributed by atoms with Crippen LogP contribution < -0.4 is 9.80 Å². The molecule has 7 nitrogen and oxygen atoms in total. The zero-order valence-corrected chi connectivity index (χ0v) is 19.0. The van der Waals surface area contributed by atoms with E-state index in [-0.39, 0.29) is 5.41 Å². The number of halogens is 1. The van der Waals surface area contributed by atoms with E-state index >= 15 is 0 Å². The Hall–Kier alpha value is -3.08. The van der Waals surface area contributed by atoms with E-state index in [9.17, 15) is 5.26 Å². The molecule has 2 saturated heterocycles. The Morgan fingerprint density at radius 1 is 0.939 bits per heavy atom. The van der Waals surface area contributed by atoms with Crippen molar-refractivity contribution >= 4 is 23.2 Å². The summed E-state index contributed by atoms with van der Waals surface area (Å²) in [4.78, 5) is 7.20. The van der Waals surface area contributed by atoms with Gasteiger partial charge in [-0.05, 0) is 48.7 Å². The number of nitriles is 1. The first-order valence-corrected chi connectivity index (χ1v) is 12.0. The largest absolute Gasteiger partial charge is 0.369 e. The van der Waals surface area contributed by atoms with Crippen LogP contribution in [0.1, 0.15) is 29.8 Å². The van der Waals surface area contributed by atoms with E-state index < -0.39 is 0 Å². The summed E-state index contributed by atoms with van der Waals surface area (Å²) in [5.74, 6) is 1.95. The summed E-state index contributed by atoms with van der Waals surface area (Å²) in [6.45, 7) is 5.61. The first-order valence-electron chi connectivity index (χ1n) is 11.6. The van der Waals surface area contributed by atoms with Gasteiger partial charge < -0.3 is 9.80 Å². The number of hydrogen-bond acceptors (Lipinski definition) is 6. The van der Waals surface area contributed by atoms with Gasteiger partial charge in [-0.1, -0.05) is 23.7 Å². The second-order valence-electron chi connectivity index (χ2n) is 10.0. The van der Waals surface area contributed by atoms with Gasteiger partial charge in [-0.3, -0.25) is 9.47 Å². The lowest BCUT2D eigenvalue weighted by Crippen LogP contribution is -2.73. The number of hydrogen-bond donors (Lipinski definition) is 0. The second kappa shape index (κ2) is 6.96. The molecule has 166 valence electrons. The number of rotatable bonds is 3. The summed E-state index contributed by atoms with van der Waals surface area (Å²) in [6, 6.07) is 17.0. The molecule has 0 radical (unpaired) electrons. The highest BCUT2D eigenvalue weighted by Gasteiger charge is 2.53. The Morgan fingerprint density at radius 3 is 2.52 bits per heavy atom. The summed E-state index contributed by atoms with van der Waals surface area (Å²) in [5.41, 5.74) is 4.46. The van der Waals surface area contributed by atoms with Crippen LogP contribution in [0.25, 0.3) is 5.69 Å². The van der Waals surface area contributed by atoms with Crippen LogP contribution in [0.3, 0.4) is 0 Å². The third kappa shape index (κ3) is 3.05. The van der Waals surface area contributed by atoms with Crippen LogP contribution in [0.2, 0.25) is 5.02 Å². The molecule has 2 aromatic carbocycles. The van der Waals surface area contributed by atoms with Gasteiger partial charge in [0.25, 0.3) is 0 Å². The van der Waals surface area contributed by atoms with Gasteiger partial charge in [-0.2, -0.15) is 5.26 Å². The summed E-state index contributed by atoms with van der Waals surface area (Å²) >= 11 is 6.37. The third-order valence-corrected chi connectivity index (χ3v) is 7.76. The molecule has 1 aromatic heterocycles. The number of nitrogens with zero attached hydrogens (tertiary/aromatic N) is 7. The van der Waals surface area contributed by atoms with Crippen LogP contribution in [-0.4, -0.2) is 51.9 Å². The lowest BCUT2D eigenvalue weighted by Gasteiger charge is -2.61. The van der Waals surface area contributed by atoms with Crippen LogP contribution in [-0.2, 0) is 13.1 Å². The maximum absolute atomic E-state index is 9.43. The van der Waals surface area contributed by atoms with E-state index in [4.69, 9.17) is 11.6 Å². The topological polar surface area (TPSA) is 64.2 Å². The van der Waals surface area contributed by atoms with Crippen molar-refractivity contribution in [3.05, 3.63) is 64.4 Å². The Morgan fingerprint density at radius 2 is 1.73 bits per heavy atom. The molecular formula is C25H24ClN7. The smallest absolute Gasteiger partial charge is 0.231 e. The lowest BCUT2D eigenvalue weighted by molar-refractivity contribution is 0.154. The second-order valence-corrected chi connectivity index (χ2v) is 10.4. The van der Waals surface area contributed by atoms with Crippen molar-refractivity contribution in [1.82, 2.24) is 19.7 Å². The van der Waals surface area contributed by atoms with Gasteiger partial charge in [0.05, 0.1) is 23.5 Å². The van der Waals surface area contributed by atoms with E-state index in [1.807, 2.05) is 30.3 Å². The lowest BCUT2D eigenvalue weighted by atomic mass is 9.72. The molecule has 3 aromatic rings. The minimum absolute atomic E-state index is 0.266. The van der Waals surface area contributed by atoms with Crippen molar-refractivity contribution < 1.29 is 0 Å². The van der Waals surface area contributed by atoms with Gasteiger partial charge >= 0.3 is 0 Å². The van der Waals surface area contributed by atoms with Gasteiger partial charge in [0.1, 0.15) is 6.07 Å². The van der Waals surface area contributed by atoms with E-state index in [1.165, 1.54) is 18.4 Å². The molecule has 0 N–H and O–H groups in total. The molecule has 3 fully saturated rings. The van der Waals surface area contributed by atoms with E-state index in [2.05, 4.69) is 47.7 Å². The molecule has 7 rings (SSSR count). The summed E-state index contributed by atoms with van der Waals surface area (Å²) in [6.07, 6.45) is 2.52. The summed E-state index contributed by atoms with van der Waals surface area (Å²) < 4.78 is 2.25. The summed E-state index contributed by atoms with van der Waals surface area (Å²) in [5, 5.41) is 19.5. The van der Waals surface area contributed by atoms with Gasteiger partial charge in [0.2, 0.25) is 5.95 Å². The zero-order chi connectivity index (χ0) is 22.2. The molecule has 0 amide bonds. The molecule has 8 heteroatoms. The normalized spacial score (nSPS) is 21.0. The molecule has 4 aliphatic rings. The number of para-hydroxylation sites is 1. The zero-order valence-electron chi connectivity index (χ0n) is 18.3. The highest BCUT2D eigenvalue weighted by Crippen LogP contribution is 2.45. The summed E-state index contributed by atoms with van der Waals surface area (Å²) in [7, 11) is 0. The SMILES string of the molecule is N#Cc1ccccc1N1CC2(C1)CN(c1nnc3n1-c1ccc(Cl)cc1CN(C1CC1)C3)C2. The molecule has 4 heterocycles. The molecule has 1 spiro atoms. The molecule has 0 bridgehead atoms. The van der Waals surface area contributed by atoms with Gasteiger partial charge in [-0.15, -0.1) is 10.2 Å². The first kappa shape index (κ1) is 19.4. The Kier molecular flexibility index (Phi) is 4.09. The molecule has 0 unspecified atom stereocenters. The standard InChI is InChI=1S/C25H24ClN7/c26-19-5-8-22-18(9-19)11-30(20-6-7-20)12-23-28-29-24(33(22)23)32-15-25(16-32)13-31(14-25)21-4-2-1-3-17(21)10-27/h1-5,8-9,20H,6-7,11-16H2. The Labute approximate surface area is 197 Å². The van der Waals surface area contributed by atoms with Gasteiger partial charge in [0, 0.05) is 49.2 Å². The molecule has 1 saturated carbocycles. The first-order chi connectivity index (χ1) is 16.1. The van der Waals surface area contributed by atoms with Gasteiger partial charge in [0.15, 0.2) is 5.82 Å². The highest BCUT2D eigenvalue weighted by molar-refractivity contribution is 6.30. The van der Waals surface area contributed by atoms with E-state index in [0.717, 1.165) is 73.0 Å². The van der Waals surface area contributed by atoms with Crippen molar-refractivity contribution in [2.75, 3.05) is 36.0 Å². The van der Waals surface area contributed by atoms with Crippen LogP contribution in [0.5, 0.6) is 0 Å². The van der Waals surface area contributed by atoms with Crippen LogP contribution in [0.15, 0.2) is 42.5 Å². The minimum Gasteiger partial charge on any atom is -0.369 e. The number of aromatic nitrogens is 3. The number of anilines is 2. The molecule has 0 atom stereocenters. The molecule has 33 heavy (non-hydrogen) atoms. The van der Waals surface area contributed by atoms with Crippen LogP contribution in [0, 0.1) is 16.7 Å². The van der Waals surface area contributed by atoms with Crippen LogP contribution in [0.4, 0.5) is 11.6 Å². The van der Waals surface area contributed by atoms with E-state index in [1.54, 1.807) is 0 Å². The quantitative estimate of drug-likeness (QED) is 0.598. The predicted octanol–water partition coefficient (Wildman–Crippen LogP) is 3.60. The fourth-order valence-electron chi connectivity index (χ4n) is 5.80. The number of benzene rings is 2. The molecule has 1 aliphatic carbocycles. The Balaban J connectivity index is 1.15. The van der Waals surface area contributed by atoms with Crippen molar-refractivity contribution in [1.29, 1.82) is 5.26 Å². The average molecular weight is 458 g/mol. The highest BCUT2D eigenvalue weighted by atomic mass is 35.5. The minimum atomic E-state index is 0.266. The fourth-order valence-corrected chi connectivity index (χ4v) is 5.99. The van der Waals surface area contributed by atoms with Gasteiger partial charge in [-0.25, -0.2) is 0 Å². The monoisotopic (exact) mass is 457 g/mol. The van der Waals surface area contributed by atoms with E-state index in [0.29, 0.717) is 6.04 Å². The predicted molar refractivity (Wildman–Crippen MR) is 127 cm³/mol. The molecular weight excluding hydrogens is 434 g/mol. The maximum atomic E-state index is 9.43. The van der Waals surface area contributed by atoms with Crippen molar-refractivity contribution in [2.45, 2.75) is 32.0 Å². The maximum Gasteiger partial charge on any atom is 0.231 e. The molecule has 3 aliphatic heterocycles. The number of fused-ring (bicyclic) bond motifs is 3. The fraction of sp³-hybridized carbons (Fsp3) is 0.400. The third-order valence-electron chi connectivity index (χ3n) is 7.53.